The van der Waals surface area contributed by atoms with Crippen LogP contribution in [0.1, 0.15) is 69.8 Å². The quantitative estimate of drug-likeness (QED) is 0.704. The van der Waals surface area contributed by atoms with Crippen LogP contribution >= 0.6 is 0 Å². The minimum Gasteiger partial charge on any atom is -0.431 e. The van der Waals surface area contributed by atoms with Gasteiger partial charge in [0, 0.05) is 24.3 Å². The second kappa shape index (κ2) is 6.12. The number of hydrogen-bond acceptors (Lipinski definition) is 7. The molecule has 1 aromatic rings. The van der Waals surface area contributed by atoms with Crippen molar-refractivity contribution in [2.75, 3.05) is 0 Å². The van der Waals surface area contributed by atoms with Gasteiger partial charge in [0.1, 0.15) is 6.29 Å². The molecule has 3 saturated heterocycles. The third kappa shape index (κ3) is 2.08. The number of rotatable bonds is 2. The highest BCUT2D eigenvalue weighted by atomic mass is 16.9. The summed E-state index contributed by atoms with van der Waals surface area (Å²) in [7, 11) is 0. The summed E-state index contributed by atoms with van der Waals surface area (Å²) in [6, 6.07) is 3.32. The fraction of sp³-hybridized carbons (Fsp3) is 0.760. The van der Waals surface area contributed by atoms with Gasteiger partial charge in [0.25, 0.3) is 6.48 Å². The third-order valence-corrected chi connectivity index (χ3v) is 10.7. The molecule has 0 aromatic carbocycles. The summed E-state index contributed by atoms with van der Waals surface area (Å²) in [5.74, 6) is 0.174. The minimum atomic E-state index is -0.875. The molecule has 7 fully saturated rings. The molecule has 7 heteroatoms. The molecule has 7 nitrogen and oxygen atoms in total. The van der Waals surface area contributed by atoms with Crippen LogP contribution in [0, 0.1) is 22.7 Å². The number of hydrogen-bond donors (Lipinski definition) is 1. The zero-order valence-electron chi connectivity index (χ0n) is 18.3. The van der Waals surface area contributed by atoms with Crippen LogP contribution < -0.4 is 5.63 Å². The lowest BCUT2D eigenvalue weighted by molar-refractivity contribution is -0.492. The molecule has 8 rings (SSSR count). The highest BCUT2D eigenvalue weighted by molar-refractivity contribution is 5.66. The topological polar surface area (TPSA) is 95.2 Å². The van der Waals surface area contributed by atoms with Gasteiger partial charge in [-0.05, 0) is 67.9 Å². The number of fused-ring (bicyclic) bond motifs is 3. The van der Waals surface area contributed by atoms with Crippen LogP contribution in [0.15, 0.2) is 27.6 Å². The number of carbonyl (C=O) groups excluding carboxylic acids is 1. The molecular weight excluding hydrogens is 412 g/mol. The summed E-state index contributed by atoms with van der Waals surface area (Å²) in [5.41, 5.74) is -1.83. The van der Waals surface area contributed by atoms with Gasteiger partial charge in [-0.2, -0.15) is 0 Å². The maximum atomic E-state index is 13.0. The Kier molecular flexibility index (Phi) is 3.80. The number of ether oxygens (including phenoxy) is 3. The van der Waals surface area contributed by atoms with E-state index in [1.165, 1.54) is 6.07 Å². The van der Waals surface area contributed by atoms with E-state index in [1.807, 2.05) is 6.07 Å². The molecule has 0 radical (unpaired) electrons. The first-order valence-electron chi connectivity index (χ1n) is 12.1. The maximum absolute atomic E-state index is 13.0. The summed E-state index contributed by atoms with van der Waals surface area (Å²) < 4.78 is 23.4. The molecule has 4 aliphatic carbocycles. The van der Waals surface area contributed by atoms with Crippen LogP contribution in [0.3, 0.4) is 0 Å². The van der Waals surface area contributed by atoms with Gasteiger partial charge in [0.05, 0.1) is 35.1 Å². The first-order valence-corrected chi connectivity index (χ1v) is 12.1. The summed E-state index contributed by atoms with van der Waals surface area (Å²) in [6.07, 6.45) is 8.88. The van der Waals surface area contributed by atoms with E-state index in [4.69, 9.17) is 18.6 Å². The van der Waals surface area contributed by atoms with E-state index >= 15 is 0 Å². The molecule has 1 N–H and O–H groups in total. The van der Waals surface area contributed by atoms with Crippen molar-refractivity contribution in [3.8, 4) is 0 Å². The molecule has 7 aliphatic rings. The zero-order chi connectivity index (χ0) is 21.9. The standard InChI is InChI=1S/C25H30O7/c1-22-7-4-17-18(25(22,28)9-6-16(22)14-2-3-20(27)29-12-14)5-8-23-11-15-10-19(24(17,23)13-26)31-21(30-15)32-23/h2-3,12-13,15-19,21,28H,4-11H2,1H3. The van der Waals surface area contributed by atoms with Crippen LogP contribution in [0.4, 0.5) is 0 Å². The molecule has 10 atom stereocenters. The lowest BCUT2D eigenvalue weighted by Gasteiger charge is -2.71. The molecular formula is C25H30O7. The molecule has 4 bridgehead atoms. The van der Waals surface area contributed by atoms with Crippen molar-refractivity contribution in [2.24, 2.45) is 22.7 Å². The summed E-state index contributed by atoms with van der Waals surface area (Å²) in [5, 5.41) is 12.4. The molecule has 172 valence electrons. The molecule has 10 unspecified atom stereocenters. The first kappa shape index (κ1) is 19.9. The monoisotopic (exact) mass is 442 g/mol. The Bertz CT molecular complexity index is 1000. The van der Waals surface area contributed by atoms with Crippen LogP contribution in [0.25, 0.3) is 0 Å². The molecule has 4 saturated carbocycles. The minimum absolute atomic E-state index is 0.0171. The number of aldehydes is 1. The van der Waals surface area contributed by atoms with E-state index in [2.05, 4.69) is 6.92 Å². The van der Waals surface area contributed by atoms with Crippen molar-refractivity contribution in [2.45, 2.75) is 94.1 Å². The zero-order valence-corrected chi connectivity index (χ0v) is 18.3. The Balaban J connectivity index is 1.30. The van der Waals surface area contributed by atoms with Crippen LogP contribution in [0.5, 0.6) is 0 Å². The fourth-order valence-electron chi connectivity index (χ4n) is 9.33. The molecule has 32 heavy (non-hydrogen) atoms. The Labute approximate surface area is 186 Å². The Morgan fingerprint density at radius 2 is 1.94 bits per heavy atom. The second-order valence-corrected chi connectivity index (χ2v) is 11.4. The number of aliphatic hydroxyl groups is 1. The molecule has 1 aromatic heterocycles. The smallest absolute Gasteiger partial charge is 0.335 e. The lowest BCUT2D eigenvalue weighted by Crippen LogP contribution is -2.79. The third-order valence-electron chi connectivity index (χ3n) is 10.7. The van der Waals surface area contributed by atoms with E-state index in [0.29, 0.717) is 6.42 Å². The molecule has 4 heterocycles. The average molecular weight is 443 g/mol. The Morgan fingerprint density at radius 1 is 1.09 bits per heavy atom. The van der Waals surface area contributed by atoms with Gasteiger partial charge < -0.3 is 28.5 Å². The number of carbonyl (C=O) groups is 1. The highest BCUT2D eigenvalue weighted by Gasteiger charge is 2.77. The second-order valence-electron chi connectivity index (χ2n) is 11.4. The van der Waals surface area contributed by atoms with Gasteiger partial charge in [-0.25, -0.2) is 4.79 Å². The van der Waals surface area contributed by atoms with Gasteiger partial charge in [0.2, 0.25) is 0 Å². The van der Waals surface area contributed by atoms with Crippen molar-refractivity contribution < 1.29 is 28.5 Å². The predicted molar refractivity (Wildman–Crippen MR) is 111 cm³/mol. The highest BCUT2D eigenvalue weighted by Crippen LogP contribution is 2.73. The van der Waals surface area contributed by atoms with Crippen LogP contribution in [-0.4, -0.2) is 41.3 Å². The van der Waals surface area contributed by atoms with Crippen molar-refractivity contribution in [1.29, 1.82) is 0 Å². The summed E-state index contributed by atoms with van der Waals surface area (Å²) >= 11 is 0. The first-order chi connectivity index (χ1) is 15.4. The average Bonchev–Trinajstić information content (AvgIpc) is 3.05. The van der Waals surface area contributed by atoms with Gasteiger partial charge in [-0.1, -0.05) is 6.92 Å². The van der Waals surface area contributed by atoms with Crippen molar-refractivity contribution >= 4 is 6.29 Å². The van der Waals surface area contributed by atoms with Gasteiger partial charge >= 0.3 is 5.63 Å². The fourth-order valence-corrected chi connectivity index (χ4v) is 9.33. The van der Waals surface area contributed by atoms with Crippen molar-refractivity contribution in [1.82, 2.24) is 0 Å². The normalized spacial score (nSPS) is 55.2. The van der Waals surface area contributed by atoms with Crippen LogP contribution in [-0.2, 0) is 19.0 Å². The van der Waals surface area contributed by atoms with Crippen molar-refractivity contribution in [3.05, 3.63) is 34.4 Å². The summed E-state index contributed by atoms with van der Waals surface area (Å²) in [6.45, 7) is 1.54. The Hall–Kier alpha value is -1.54. The lowest BCUT2D eigenvalue weighted by atomic mass is 9.40. The van der Waals surface area contributed by atoms with E-state index in [9.17, 15) is 14.7 Å². The van der Waals surface area contributed by atoms with Gasteiger partial charge in [-0.3, -0.25) is 0 Å². The molecule has 1 spiro atoms. The summed E-state index contributed by atoms with van der Waals surface area (Å²) in [4.78, 5) is 24.5. The SMILES string of the molecule is CC12CCC3C(CCC45CC6CC(OC(O6)O4)C35C=O)C1(O)CCC2c1ccc(=O)oc1. The molecule has 0 amide bonds. The molecule has 3 aliphatic heterocycles. The predicted octanol–water partition coefficient (Wildman–Crippen LogP) is 2.89. The van der Waals surface area contributed by atoms with E-state index in [-0.39, 0.29) is 41.0 Å². The van der Waals surface area contributed by atoms with Crippen molar-refractivity contribution in [3.63, 3.8) is 0 Å². The van der Waals surface area contributed by atoms with Crippen LogP contribution in [0.2, 0.25) is 0 Å². The van der Waals surface area contributed by atoms with Gasteiger partial charge in [0.15, 0.2) is 0 Å². The van der Waals surface area contributed by atoms with Gasteiger partial charge in [-0.15, -0.1) is 0 Å². The Morgan fingerprint density at radius 3 is 2.69 bits per heavy atom. The van der Waals surface area contributed by atoms with E-state index < -0.39 is 23.1 Å². The maximum Gasteiger partial charge on any atom is 0.335 e. The van der Waals surface area contributed by atoms with E-state index in [0.717, 1.165) is 56.8 Å². The van der Waals surface area contributed by atoms with E-state index in [1.54, 1.807) is 6.26 Å². The largest absolute Gasteiger partial charge is 0.431 e.